The maximum atomic E-state index is 10.8. The van der Waals surface area contributed by atoms with Crippen molar-refractivity contribution in [3.63, 3.8) is 0 Å². The zero-order chi connectivity index (χ0) is 13.6. The summed E-state index contributed by atoms with van der Waals surface area (Å²) in [5.74, 6) is -0.147. The lowest BCUT2D eigenvalue weighted by Crippen LogP contribution is -2.55. The molecule has 1 aliphatic heterocycles. The number of allylic oxidation sites excluding steroid dienone is 1. The van der Waals surface area contributed by atoms with E-state index in [9.17, 15) is 5.11 Å². The van der Waals surface area contributed by atoms with Gasteiger partial charge in [-0.15, -0.1) is 0 Å². The Morgan fingerprint density at radius 3 is 2.63 bits per heavy atom. The predicted octanol–water partition coefficient (Wildman–Crippen LogP) is 3.03. The van der Waals surface area contributed by atoms with Crippen LogP contribution in [0.2, 0.25) is 0 Å². The first-order valence-electron chi connectivity index (χ1n) is 7.61. The highest BCUT2D eigenvalue weighted by atomic mass is 16.7. The molecule has 1 saturated carbocycles. The lowest BCUT2D eigenvalue weighted by atomic mass is 9.71. The Kier molecular flexibility index (Phi) is 3.27. The molecule has 0 aromatic carbocycles. The molecule has 108 valence electrons. The quantitative estimate of drug-likeness (QED) is 0.685. The molecule has 1 saturated heterocycles. The highest BCUT2D eigenvalue weighted by Gasteiger charge is 2.51. The van der Waals surface area contributed by atoms with Gasteiger partial charge in [0.15, 0.2) is 5.79 Å². The van der Waals surface area contributed by atoms with E-state index in [4.69, 9.17) is 9.47 Å². The molecule has 1 spiro atoms. The monoisotopic (exact) mass is 266 g/mol. The maximum Gasteiger partial charge on any atom is 0.168 e. The van der Waals surface area contributed by atoms with E-state index in [2.05, 4.69) is 19.9 Å². The van der Waals surface area contributed by atoms with Gasteiger partial charge < -0.3 is 14.6 Å². The van der Waals surface area contributed by atoms with Crippen molar-refractivity contribution in [2.24, 2.45) is 11.3 Å². The number of ether oxygens (including phenoxy) is 2. The van der Waals surface area contributed by atoms with E-state index in [0.29, 0.717) is 0 Å². The molecule has 0 aromatic heterocycles. The number of hydrogen-bond donors (Lipinski definition) is 1. The van der Waals surface area contributed by atoms with E-state index in [0.717, 1.165) is 51.7 Å². The second kappa shape index (κ2) is 4.57. The third kappa shape index (κ3) is 2.61. The molecule has 1 heterocycles. The Bertz CT molecular complexity index is 364. The fourth-order valence-electron chi connectivity index (χ4n) is 3.59. The second-order valence-electron chi connectivity index (χ2n) is 7.38. The number of aliphatic hydroxyl groups is 1. The van der Waals surface area contributed by atoms with Gasteiger partial charge in [0.2, 0.25) is 0 Å². The van der Waals surface area contributed by atoms with Crippen LogP contribution in [0.4, 0.5) is 0 Å². The van der Waals surface area contributed by atoms with Gasteiger partial charge in [-0.1, -0.05) is 26.0 Å². The summed E-state index contributed by atoms with van der Waals surface area (Å²) in [7, 11) is 0. The van der Waals surface area contributed by atoms with Gasteiger partial charge in [0.1, 0.15) is 0 Å². The van der Waals surface area contributed by atoms with Crippen molar-refractivity contribution in [1.82, 2.24) is 0 Å². The average molecular weight is 266 g/mol. The summed E-state index contributed by atoms with van der Waals surface area (Å²) in [4.78, 5) is 0. The number of rotatable bonds is 0. The molecule has 0 amide bonds. The van der Waals surface area contributed by atoms with Crippen LogP contribution in [0.25, 0.3) is 0 Å². The summed E-state index contributed by atoms with van der Waals surface area (Å²) in [5.41, 5.74) is -0.510. The van der Waals surface area contributed by atoms with Crippen LogP contribution in [0, 0.1) is 11.3 Å². The van der Waals surface area contributed by atoms with Crippen molar-refractivity contribution in [2.45, 2.75) is 63.8 Å². The van der Waals surface area contributed by atoms with E-state index >= 15 is 0 Å². The molecule has 3 aliphatic rings. The molecule has 1 N–H and O–H groups in total. The van der Waals surface area contributed by atoms with Crippen molar-refractivity contribution in [3.05, 3.63) is 12.2 Å². The average Bonchev–Trinajstić information content (AvgIpc) is 2.55. The van der Waals surface area contributed by atoms with Gasteiger partial charge in [-0.3, -0.25) is 0 Å². The van der Waals surface area contributed by atoms with Gasteiger partial charge in [0.05, 0.1) is 18.8 Å². The summed E-state index contributed by atoms with van der Waals surface area (Å²) in [6.45, 7) is 5.86. The van der Waals surface area contributed by atoms with Gasteiger partial charge >= 0.3 is 0 Å². The summed E-state index contributed by atoms with van der Waals surface area (Å²) in [5, 5.41) is 10.8. The van der Waals surface area contributed by atoms with Crippen LogP contribution in [0.3, 0.4) is 0 Å². The van der Waals surface area contributed by atoms with E-state index < -0.39 is 11.4 Å². The highest BCUT2D eigenvalue weighted by Crippen LogP contribution is 2.48. The fraction of sp³-hybridized carbons (Fsp3) is 0.875. The molecule has 3 nitrogen and oxygen atoms in total. The topological polar surface area (TPSA) is 38.7 Å². The minimum atomic E-state index is -0.624. The molecule has 3 rings (SSSR count). The molecule has 0 bridgehead atoms. The first kappa shape index (κ1) is 13.6. The molecular formula is C16H26O3. The molecule has 2 fully saturated rings. The van der Waals surface area contributed by atoms with E-state index in [1.165, 1.54) is 0 Å². The van der Waals surface area contributed by atoms with Crippen molar-refractivity contribution in [3.8, 4) is 0 Å². The minimum absolute atomic E-state index is 0.113. The number of hydrogen-bond acceptors (Lipinski definition) is 3. The van der Waals surface area contributed by atoms with Crippen LogP contribution < -0.4 is 0 Å². The molecule has 0 radical (unpaired) electrons. The van der Waals surface area contributed by atoms with Crippen molar-refractivity contribution in [1.29, 1.82) is 0 Å². The van der Waals surface area contributed by atoms with Crippen LogP contribution in [-0.4, -0.2) is 29.7 Å². The van der Waals surface area contributed by atoms with Crippen LogP contribution in [0.15, 0.2) is 12.2 Å². The SMILES string of the molecule is CC1(C)COC2(CCC3(O)C=CCCCC3C2)OC1. The first-order chi connectivity index (χ1) is 8.93. The largest absolute Gasteiger partial charge is 0.386 e. The molecule has 3 heteroatoms. The smallest absolute Gasteiger partial charge is 0.168 e. The Morgan fingerprint density at radius 1 is 1.16 bits per heavy atom. The summed E-state index contributed by atoms with van der Waals surface area (Å²) >= 11 is 0. The van der Waals surface area contributed by atoms with Crippen LogP contribution in [0.5, 0.6) is 0 Å². The molecular weight excluding hydrogens is 240 g/mol. The highest BCUT2D eigenvalue weighted by molar-refractivity contribution is 5.11. The summed E-state index contributed by atoms with van der Waals surface area (Å²) in [6.07, 6.45) is 9.89. The third-order valence-corrected chi connectivity index (χ3v) is 4.95. The van der Waals surface area contributed by atoms with Crippen molar-refractivity contribution in [2.75, 3.05) is 13.2 Å². The Hall–Kier alpha value is -0.380. The minimum Gasteiger partial charge on any atom is -0.386 e. The Morgan fingerprint density at radius 2 is 1.89 bits per heavy atom. The first-order valence-corrected chi connectivity index (χ1v) is 7.61. The van der Waals surface area contributed by atoms with Crippen LogP contribution in [0.1, 0.15) is 52.4 Å². The molecule has 19 heavy (non-hydrogen) atoms. The molecule has 2 atom stereocenters. The second-order valence-corrected chi connectivity index (χ2v) is 7.38. The van der Waals surface area contributed by atoms with Crippen LogP contribution >= 0.6 is 0 Å². The number of fused-ring (bicyclic) bond motifs is 1. The molecule has 0 aromatic rings. The summed E-state index contributed by atoms with van der Waals surface area (Å²) < 4.78 is 12.2. The zero-order valence-corrected chi connectivity index (χ0v) is 12.2. The lowest BCUT2D eigenvalue weighted by molar-refractivity contribution is -0.325. The molecule has 2 aliphatic carbocycles. The van der Waals surface area contributed by atoms with Crippen molar-refractivity contribution < 1.29 is 14.6 Å². The predicted molar refractivity (Wildman–Crippen MR) is 73.7 cm³/mol. The van der Waals surface area contributed by atoms with Gasteiger partial charge in [-0.2, -0.15) is 0 Å². The fourth-order valence-corrected chi connectivity index (χ4v) is 3.59. The normalized spacial score (nSPS) is 40.7. The van der Waals surface area contributed by atoms with E-state index in [1.54, 1.807) is 0 Å². The maximum absolute atomic E-state index is 10.8. The van der Waals surface area contributed by atoms with E-state index in [1.807, 2.05) is 6.08 Å². The van der Waals surface area contributed by atoms with Crippen molar-refractivity contribution >= 4 is 0 Å². The van der Waals surface area contributed by atoms with Gasteiger partial charge in [-0.05, 0) is 31.6 Å². The molecule has 2 unspecified atom stereocenters. The van der Waals surface area contributed by atoms with Crippen LogP contribution in [-0.2, 0) is 9.47 Å². The zero-order valence-electron chi connectivity index (χ0n) is 12.2. The van der Waals surface area contributed by atoms with Gasteiger partial charge in [-0.25, -0.2) is 0 Å². The summed E-state index contributed by atoms with van der Waals surface area (Å²) in [6, 6.07) is 0. The van der Waals surface area contributed by atoms with Gasteiger partial charge in [0, 0.05) is 18.3 Å². The third-order valence-electron chi connectivity index (χ3n) is 4.95. The Labute approximate surface area is 116 Å². The standard InChI is InChI=1S/C16H26O3/c1-14(2)11-18-16(19-12-14)9-8-15(17)7-5-3-4-6-13(15)10-16/h5,7,13,17H,3-4,6,8-12H2,1-2H3. The Balaban J connectivity index is 1.74. The van der Waals surface area contributed by atoms with E-state index in [-0.39, 0.29) is 11.3 Å². The lowest BCUT2D eigenvalue weighted by Gasteiger charge is -2.51. The van der Waals surface area contributed by atoms with Gasteiger partial charge in [0.25, 0.3) is 0 Å².